The average Bonchev–Trinajstić information content (AvgIpc) is 3.11. The summed E-state index contributed by atoms with van der Waals surface area (Å²) in [6, 6.07) is 14.7. The Labute approximate surface area is 157 Å². The fourth-order valence-electron chi connectivity index (χ4n) is 3.45. The van der Waals surface area contributed by atoms with Gasteiger partial charge in [0.05, 0.1) is 11.4 Å². The van der Waals surface area contributed by atoms with Gasteiger partial charge in [0.15, 0.2) is 0 Å². The number of H-pyrrole nitrogens is 1. The number of aromatic nitrogens is 2. The minimum Gasteiger partial charge on any atom is -0.383 e. The molecule has 3 aromatic rings. The lowest BCUT2D eigenvalue weighted by Crippen LogP contribution is -2.03. The number of nitrogens with one attached hydrogen (secondary N) is 2. The second kappa shape index (κ2) is 10.0. The van der Waals surface area contributed by atoms with E-state index < -0.39 is 0 Å². The third-order valence-corrected chi connectivity index (χ3v) is 4.94. The largest absolute Gasteiger partial charge is 0.383 e. The van der Waals surface area contributed by atoms with Crippen molar-refractivity contribution in [2.45, 2.75) is 58.3 Å². The number of anilines is 1. The van der Waals surface area contributed by atoms with Crippen LogP contribution in [0.1, 0.15) is 58.3 Å². The molecule has 0 spiro atoms. The van der Waals surface area contributed by atoms with Crippen LogP contribution in [0.15, 0.2) is 48.7 Å². The van der Waals surface area contributed by atoms with E-state index in [1.165, 1.54) is 56.8 Å². The monoisotopic (exact) mass is 349 g/mol. The van der Waals surface area contributed by atoms with Gasteiger partial charge in [-0.25, -0.2) is 0 Å². The van der Waals surface area contributed by atoms with Gasteiger partial charge >= 0.3 is 0 Å². The number of aromatic amines is 1. The molecule has 0 aliphatic rings. The molecule has 26 heavy (non-hydrogen) atoms. The van der Waals surface area contributed by atoms with E-state index >= 15 is 0 Å². The number of hydrogen-bond acceptors (Lipinski definition) is 2. The SMILES string of the molecule is CCCCCCCCCCNc1cccnc1-c1cc2ccccc2[nH]1. The standard InChI is InChI=1S/C23H31N3/c1-2-3-4-5-6-7-8-11-16-24-21-15-12-17-25-23(21)22-18-19-13-9-10-14-20(19)26-22/h9-10,12-15,17-18,24,26H,2-8,11,16H2,1H3. The second-order valence-corrected chi connectivity index (χ2v) is 7.07. The van der Waals surface area contributed by atoms with Crippen molar-refractivity contribution in [1.82, 2.24) is 9.97 Å². The maximum Gasteiger partial charge on any atom is 0.110 e. The number of unbranched alkanes of at least 4 members (excludes halogenated alkanes) is 7. The molecule has 0 unspecified atom stereocenters. The number of rotatable bonds is 11. The van der Waals surface area contributed by atoms with Gasteiger partial charge in [0.1, 0.15) is 5.69 Å². The normalized spacial score (nSPS) is 11.1. The molecule has 2 N–H and O–H groups in total. The molecule has 0 radical (unpaired) electrons. The molecular weight excluding hydrogens is 318 g/mol. The van der Waals surface area contributed by atoms with Gasteiger partial charge in [0.2, 0.25) is 0 Å². The van der Waals surface area contributed by atoms with Crippen LogP contribution in [0.5, 0.6) is 0 Å². The van der Waals surface area contributed by atoms with E-state index in [9.17, 15) is 0 Å². The molecule has 138 valence electrons. The summed E-state index contributed by atoms with van der Waals surface area (Å²) in [5.41, 5.74) is 4.35. The number of benzene rings is 1. The van der Waals surface area contributed by atoms with Crippen LogP contribution in [0.25, 0.3) is 22.3 Å². The molecule has 0 fully saturated rings. The van der Waals surface area contributed by atoms with Crippen molar-refractivity contribution in [2.24, 2.45) is 0 Å². The predicted octanol–water partition coefficient (Wildman–Crippen LogP) is 6.78. The smallest absolute Gasteiger partial charge is 0.110 e. The van der Waals surface area contributed by atoms with E-state index in [2.05, 4.69) is 58.6 Å². The quantitative estimate of drug-likeness (QED) is 0.374. The van der Waals surface area contributed by atoms with E-state index in [4.69, 9.17) is 0 Å². The molecule has 0 aliphatic heterocycles. The van der Waals surface area contributed by atoms with Crippen molar-refractivity contribution in [1.29, 1.82) is 0 Å². The Morgan fingerprint density at radius 2 is 1.65 bits per heavy atom. The molecule has 0 saturated heterocycles. The van der Waals surface area contributed by atoms with Crippen molar-refractivity contribution in [3.8, 4) is 11.4 Å². The zero-order valence-electron chi connectivity index (χ0n) is 15.9. The van der Waals surface area contributed by atoms with Crippen LogP contribution in [0.3, 0.4) is 0 Å². The van der Waals surface area contributed by atoms with Gasteiger partial charge in [-0.1, -0.05) is 70.1 Å². The summed E-state index contributed by atoms with van der Waals surface area (Å²) < 4.78 is 0. The van der Waals surface area contributed by atoms with Crippen LogP contribution in [0.2, 0.25) is 0 Å². The van der Waals surface area contributed by atoms with Crippen molar-refractivity contribution >= 4 is 16.6 Å². The van der Waals surface area contributed by atoms with Crippen LogP contribution >= 0.6 is 0 Å². The van der Waals surface area contributed by atoms with Gasteiger partial charge in [0.25, 0.3) is 0 Å². The van der Waals surface area contributed by atoms with Crippen LogP contribution in [-0.2, 0) is 0 Å². The highest BCUT2D eigenvalue weighted by Crippen LogP contribution is 2.28. The Bertz CT molecular complexity index is 758. The zero-order chi connectivity index (χ0) is 18.0. The van der Waals surface area contributed by atoms with Crippen LogP contribution < -0.4 is 5.32 Å². The van der Waals surface area contributed by atoms with E-state index in [1.807, 2.05) is 12.3 Å². The van der Waals surface area contributed by atoms with Gasteiger partial charge in [-0.2, -0.15) is 0 Å². The number of nitrogens with zero attached hydrogens (tertiary/aromatic N) is 1. The van der Waals surface area contributed by atoms with Crippen LogP contribution in [-0.4, -0.2) is 16.5 Å². The summed E-state index contributed by atoms with van der Waals surface area (Å²) in [6.45, 7) is 3.28. The van der Waals surface area contributed by atoms with Crippen molar-refractivity contribution in [3.05, 3.63) is 48.7 Å². The van der Waals surface area contributed by atoms with Crippen molar-refractivity contribution in [2.75, 3.05) is 11.9 Å². The van der Waals surface area contributed by atoms with E-state index in [0.29, 0.717) is 0 Å². The Balaban J connectivity index is 1.50. The molecule has 0 bridgehead atoms. The van der Waals surface area contributed by atoms with Crippen molar-refractivity contribution < 1.29 is 0 Å². The molecule has 3 rings (SSSR count). The maximum atomic E-state index is 4.61. The van der Waals surface area contributed by atoms with Gasteiger partial charge in [-0.3, -0.25) is 4.98 Å². The van der Waals surface area contributed by atoms with E-state index in [-0.39, 0.29) is 0 Å². The first-order chi connectivity index (χ1) is 12.9. The van der Waals surface area contributed by atoms with Crippen LogP contribution in [0, 0.1) is 0 Å². The topological polar surface area (TPSA) is 40.7 Å². The summed E-state index contributed by atoms with van der Waals surface area (Å²) in [7, 11) is 0. The first kappa shape index (κ1) is 18.5. The molecule has 2 aromatic heterocycles. The highest BCUT2D eigenvalue weighted by Gasteiger charge is 2.09. The molecule has 2 heterocycles. The number of hydrogen-bond donors (Lipinski definition) is 2. The van der Waals surface area contributed by atoms with Crippen molar-refractivity contribution in [3.63, 3.8) is 0 Å². The van der Waals surface area contributed by atoms with E-state index in [1.54, 1.807) is 0 Å². The highest BCUT2D eigenvalue weighted by molar-refractivity contribution is 5.87. The summed E-state index contributed by atoms with van der Waals surface area (Å²) in [4.78, 5) is 8.09. The molecule has 3 nitrogen and oxygen atoms in total. The molecule has 0 atom stereocenters. The molecule has 3 heteroatoms. The molecule has 0 aliphatic carbocycles. The Kier molecular flexibility index (Phi) is 7.12. The highest BCUT2D eigenvalue weighted by atomic mass is 14.9. The van der Waals surface area contributed by atoms with Gasteiger partial charge in [-0.05, 0) is 30.7 Å². The second-order valence-electron chi connectivity index (χ2n) is 7.07. The molecule has 0 amide bonds. The Morgan fingerprint density at radius 3 is 2.46 bits per heavy atom. The summed E-state index contributed by atoms with van der Waals surface area (Å²) in [6.07, 6.45) is 12.6. The van der Waals surface area contributed by atoms with Gasteiger partial charge < -0.3 is 10.3 Å². The molecule has 1 aromatic carbocycles. The number of pyridine rings is 1. The lowest BCUT2D eigenvalue weighted by atomic mass is 10.1. The lowest BCUT2D eigenvalue weighted by molar-refractivity contribution is 0.581. The summed E-state index contributed by atoms with van der Waals surface area (Å²) in [5.74, 6) is 0. The minimum atomic E-state index is 1.00. The fraction of sp³-hybridized carbons (Fsp3) is 0.435. The Hall–Kier alpha value is -2.29. The van der Waals surface area contributed by atoms with Gasteiger partial charge in [-0.15, -0.1) is 0 Å². The van der Waals surface area contributed by atoms with Crippen LogP contribution in [0.4, 0.5) is 5.69 Å². The lowest BCUT2D eigenvalue weighted by Gasteiger charge is -2.10. The Morgan fingerprint density at radius 1 is 0.885 bits per heavy atom. The number of para-hydroxylation sites is 1. The van der Waals surface area contributed by atoms with Gasteiger partial charge in [0, 0.05) is 23.6 Å². The predicted molar refractivity (Wildman–Crippen MR) is 113 cm³/mol. The minimum absolute atomic E-state index is 1.00. The number of fused-ring (bicyclic) bond motifs is 1. The fourth-order valence-corrected chi connectivity index (χ4v) is 3.45. The summed E-state index contributed by atoms with van der Waals surface area (Å²) in [5, 5.41) is 4.81. The molecular formula is C23H31N3. The summed E-state index contributed by atoms with van der Waals surface area (Å²) >= 11 is 0. The first-order valence-corrected chi connectivity index (χ1v) is 10.2. The molecule has 0 saturated carbocycles. The third kappa shape index (κ3) is 5.10. The zero-order valence-corrected chi connectivity index (χ0v) is 15.9. The average molecular weight is 350 g/mol. The maximum absolute atomic E-state index is 4.61. The van der Waals surface area contributed by atoms with E-state index in [0.717, 1.165) is 29.1 Å². The third-order valence-electron chi connectivity index (χ3n) is 4.94. The first-order valence-electron chi connectivity index (χ1n) is 10.2.